The van der Waals surface area contributed by atoms with Crippen molar-refractivity contribution < 1.29 is 0 Å². The molecular formula is C7H6BrN. The third-order valence-corrected chi connectivity index (χ3v) is 1.67. The van der Waals surface area contributed by atoms with Gasteiger partial charge in [-0.05, 0) is 22.0 Å². The van der Waals surface area contributed by atoms with Gasteiger partial charge in [-0.3, -0.25) is 0 Å². The molecule has 1 aromatic rings. The van der Waals surface area contributed by atoms with Crippen LogP contribution in [0.5, 0.6) is 0 Å². The zero-order valence-corrected chi connectivity index (χ0v) is 6.43. The van der Waals surface area contributed by atoms with Gasteiger partial charge in [0.2, 0.25) is 0 Å². The van der Waals surface area contributed by atoms with E-state index in [1.807, 2.05) is 12.1 Å². The summed E-state index contributed by atoms with van der Waals surface area (Å²) in [6, 6.07) is 3.83. The lowest BCUT2D eigenvalue weighted by atomic mass is 10.3. The summed E-state index contributed by atoms with van der Waals surface area (Å²) in [4.78, 5) is 4.00. The van der Waals surface area contributed by atoms with Crippen molar-refractivity contribution in [1.29, 1.82) is 0 Å². The lowest BCUT2D eigenvalue weighted by Gasteiger charge is -1.92. The fourth-order valence-electron chi connectivity index (χ4n) is 0.551. The van der Waals surface area contributed by atoms with E-state index in [0.717, 1.165) is 10.2 Å². The Labute approximate surface area is 62.6 Å². The van der Waals surface area contributed by atoms with Crippen LogP contribution in [-0.2, 0) is 0 Å². The molecule has 1 heterocycles. The lowest BCUT2D eigenvalue weighted by molar-refractivity contribution is 1.26. The van der Waals surface area contributed by atoms with Gasteiger partial charge in [0.1, 0.15) is 4.60 Å². The van der Waals surface area contributed by atoms with Gasteiger partial charge in [0.05, 0.1) is 0 Å². The molecule has 0 atom stereocenters. The molecule has 1 aromatic heterocycles. The molecule has 0 bridgehead atoms. The molecule has 0 aliphatic rings. The van der Waals surface area contributed by atoms with Crippen LogP contribution < -0.4 is 0 Å². The minimum Gasteiger partial charge on any atom is -0.249 e. The SMILES string of the molecule is C=Cc1cccnc1Br. The first-order valence-electron chi connectivity index (χ1n) is 2.57. The minimum absolute atomic E-state index is 0.847. The van der Waals surface area contributed by atoms with Crippen molar-refractivity contribution in [1.82, 2.24) is 4.98 Å². The van der Waals surface area contributed by atoms with Crippen LogP contribution in [0.1, 0.15) is 5.56 Å². The molecule has 0 saturated heterocycles. The molecule has 46 valence electrons. The molecule has 0 aliphatic heterocycles. The van der Waals surface area contributed by atoms with Crippen LogP contribution in [-0.4, -0.2) is 4.98 Å². The first kappa shape index (κ1) is 6.49. The highest BCUT2D eigenvalue weighted by Crippen LogP contribution is 2.12. The molecule has 1 rings (SSSR count). The summed E-state index contributed by atoms with van der Waals surface area (Å²) in [5, 5.41) is 0. The van der Waals surface area contributed by atoms with E-state index >= 15 is 0 Å². The number of rotatable bonds is 1. The topological polar surface area (TPSA) is 12.9 Å². The van der Waals surface area contributed by atoms with Crippen LogP contribution in [0.3, 0.4) is 0 Å². The molecule has 1 nitrogen and oxygen atoms in total. The van der Waals surface area contributed by atoms with E-state index in [-0.39, 0.29) is 0 Å². The van der Waals surface area contributed by atoms with Gasteiger partial charge < -0.3 is 0 Å². The summed E-state index contributed by atoms with van der Waals surface area (Å²) >= 11 is 3.27. The Kier molecular flexibility index (Phi) is 2.01. The fraction of sp³-hybridized carbons (Fsp3) is 0. The van der Waals surface area contributed by atoms with E-state index in [2.05, 4.69) is 27.5 Å². The fourth-order valence-corrected chi connectivity index (χ4v) is 0.963. The van der Waals surface area contributed by atoms with Crippen molar-refractivity contribution in [3.05, 3.63) is 35.1 Å². The molecule has 0 aliphatic carbocycles. The maximum atomic E-state index is 4.00. The number of halogens is 1. The average molecular weight is 184 g/mol. The number of hydrogen-bond donors (Lipinski definition) is 0. The number of hydrogen-bond acceptors (Lipinski definition) is 1. The smallest absolute Gasteiger partial charge is 0.113 e. The molecule has 0 unspecified atom stereocenters. The zero-order valence-electron chi connectivity index (χ0n) is 4.84. The monoisotopic (exact) mass is 183 g/mol. The van der Waals surface area contributed by atoms with Crippen LogP contribution in [0.25, 0.3) is 6.08 Å². The summed E-state index contributed by atoms with van der Waals surface area (Å²) in [5.74, 6) is 0. The Bertz CT molecular complexity index is 220. The van der Waals surface area contributed by atoms with Crippen LogP contribution in [0, 0.1) is 0 Å². The molecule has 0 N–H and O–H groups in total. The van der Waals surface area contributed by atoms with E-state index in [9.17, 15) is 0 Å². The lowest BCUT2D eigenvalue weighted by Crippen LogP contribution is -1.76. The maximum Gasteiger partial charge on any atom is 0.113 e. The third kappa shape index (κ3) is 1.39. The number of pyridine rings is 1. The zero-order chi connectivity index (χ0) is 6.69. The second-order valence-electron chi connectivity index (χ2n) is 1.59. The van der Waals surface area contributed by atoms with Gasteiger partial charge >= 0.3 is 0 Å². The van der Waals surface area contributed by atoms with Crippen molar-refractivity contribution in [3.63, 3.8) is 0 Å². The summed E-state index contributed by atoms with van der Waals surface area (Å²) in [6.07, 6.45) is 3.49. The van der Waals surface area contributed by atoms with Crippen LogP contribution >= 0.6 is 15.9 Å². The summed E-state index contributed by atoms with van der Waals surface area (Å²) in [5.41, 5.74) is 1.03. The van der Waals surface area contributed by atoms with Crippen molar-refractivity contribution in [2.75, 3.05) is 0 Å². The van der Waals surface area contributed by atoms with Gasteiger partial charge in [0, 0.05) is 11.8 Å². The molecule has 0 fully saturated rings. The van der Waals surface area contributed by atoms with Crippen LogP contribution in [0.4, 0.5) is 0 Å². The molecular weight excluding hydrogens is 178 g/mol. The Morgan fingerprint density at radius 3 is 2.89 bits per heavy atom. The highest BCUT2D eigenvalue weighted by Gasteiger charge is 1.90. The quantitative estimate of drug-likeness (QED) is 0.611. The van der Waals surface area contributed by atoms with Gasteiger partial charge in [-0.1, -0.05) is 18.7 Å². The summed E-state index contributed by atoms with van der Waals surface area (Å²) in [7, 11) is 0. The Hall–Kier alpha value is -0.630. The van der Waals surface area contributed by atoms with E-state index in [0.29, 0.717) is 0 Å². The number of aromatic nitrogens is 1. The van der Waals surface area contributed by atoms with Gasteiger partial charge in [0.15, 0.2) is 0 Å². The van der Waals surface area contributed by atoms with E-state index in [4.69, 9.17) is 0 Å². The minimum atomic E-state index is 0.847. The molecule has 0 radical (unpaired) electrons. The predicted molar refractivity (Wildman–Crippen MR) is 42.0 cm³/mol. The highest BCUT2D eigenvalue weighted by atomic mass is 79.9. The van der Waals surface area contributed by atoms with Crippen molar-refractivity contribution in [2.24, 2.45) is 0 Å². The largest absolute Gasteiger partial charge is 0.249 e. The van der Waals surface area contributed by atoms with Crippen LogP contribution in [0.2, 0.25) is 0 Å². The van der Waals surface area contributed by atoms with Gasteiger partial charge in [-0.2, -0.15) is 0 Å². The maximum absolute atomic E-state index is 4.00. The van der Waals surface area contributed by atoms with Crippen molar-refractivity contribution in [2.45, 2.75) is 0 Å². The Morgan fingerprint density at radius 1 is 1.67 bits per heavy atom. The second kappa shape index (κ2) is 2.78. The highest BCUT2D eigenvalue weighted by molar-refractivity contribution is 9.10. The van der Waals surface area contributed by atoms with Crippen LogP contribution in [0.15, 0.2) is 29.5 Å². The third-order valence-electron chi connectivity index (χ3n) is 1.01. The van der Waals surface area contributed by atoms with Gasteiger partial charge in [-0.25, -0.2) is 4.98 Å². The van der Waals surface area contributed by atoms with Gasteiger partial charge in [-0.15, -0.1) is 0 Å². The van der Waals surface area contributed by atoms with E-state index in [1.54, 1.807) is 12.3 Å². The average Bonchev–Trinajstić information content (AvgIpc) is 1.89. The molecule has 0 saturated carbocycles. The second-order valence-corrected chi connectivity index (χ2v) is 2.34. The standard InChI is InChI=1S/C7H6BrN/c1-2-6-4-3-5-9-7(6)8/h2-5H,1H2. The van der Waals surface area contributed by atoms with Crippen molar-refractivity contribution in [3.8, 4) is 0 Å². The van der Waals surface area contributed by atoms with Crippen molar-refractivity contribution >= 4 is 22.0 Å². The Morgan fingerprint density at radius 2 is 2.44 bits per heavy atom. The molecule has 2 heteroatoms. The van der Waals surface area contributed by atoms with E-state index in [1.165, 1.54) is 0 Å². The molecule has 0 aromatic carbocycles. The summed E-state index contributed by atoms with van der Waals surface area (Å²) < 4.78 is 0.847. The van der Waals surface area contributed by atoms with E-state index < -0.39 is 0 Å². The van der Waals surface area contributed by atoms with Gasteiger partial charge in [0.25, 0.3) is 0 Å². The first-order valence-corrected chi connectivity index (χ1v) is 3.37. The molecule has 0 amide bonds. The number of nitrogens with zero attached hydrogens (tertiary/aromatic N) is 1. The molecule has 9 heavy (non-hydrogen) atoms. The first-order chi connectivity index (χ1) is 4.34. The predicted octanol–water partition coefficient (Wildman–Crippen LogP) is 2.49. The Balaban J connectivity index is 3.15. The molecule has 0 spiro atoms. The normalized spacial score (nSPS) is 9.00. The summed E-state index contributed by atoms with van der Waals surface area (Å²) in [6.45, 7) is 3.62.